The number of nitrogens with one attached hydrogen (secondary N) is 2. The lowest BCUT2D eigenvalue weighted by molar-refractivity contribution is -0.146. The molecule has 4 heterocycles. The number of imidazole rings is 1. The highest BCUT2D eigenvalue weighted by atomic mass is 31.2. The zero-order chi connectivity index (χ0) is 36.1. The van der Waals surface area contributed by atoms with E-state index in [0.717, 1.165) is 25.9 Å². The van der Waals surface area contributed by atoms with Gasteiger partial charge in [-0.15, -0.1) is 0 Å². The molecule has 2 aromatic heterocycles. The van der Waals surface area contributed by atoms with Gasteiger partial charge in [0.05, 0.1) is 26.1 Å². The summed E-state index contributed by atoms with van der Waals surface area (Å²) in [5.41, 5.74) is 4.96. The predicted octanol–water partition coefficient (Wildman–Crippen LogP) is 2.28. The van der Waals surface area contributed by atoms with Crippen LogP contribution in [0.2, 0.25) is 0 Å². The Morgan fingerprint density at radius 2 is 1.61 bits per heavy atom. The van der Waals surface area contributed by atoms with E-state index in [1.807, 2.05) is 27.7 Å². The van der Waals surface area contributed by atoms with E-state index in [1.54, 1.807) is 13.8 Å². The summed E-state index contributed by atoms with van der Waals surface area (Å²) in [7, 11) is -4.30. The number of fused-ring (bicyclic) bond motifs is 1. The number of aliphatic hydroxyl groups excluding tert-OH is 1. The Morgan fingerprint density at radius 3 is 2.12 bits per heavy atom. The fraction of sp³-hybridized carbons (Fsp3) is 0.774. The second-order valence-electron chi connectivity index (χ2n) is 13.6. The highest BCUT2D eigenvalue weighted by Crippen LogP contribution is 2.45. The number of esters is 2. The third kappa shape index (κ3) is 9.25. The molecule has 0 radical (unpaired) electrons. The fourth-order valence-corrected chi connectivity index (χ4v) is 7.97. The van der Waals surface area contributed by atoms with Crippen LogP contribution in [0, 0.1) is 11.8 Å². The van der Waals surface area contributed by atoms with Gasteiger partial charge in [0, 0.05) is 13.1 Å². The summed E-state index contributed by atoms with van der Waals surface area (Å²) in [6.45, 7) is 13.6. The van der Waals surface area contributed by atoms with Crippen molar-refractivity contribution in [2.24, 2.45) is 11.8 Å². The maximum atomic E-state index is 14.6. The number of nitrogen functional groups attached to an aromatic ring is 1. The number of carbonyl (C=O) groups excluding carboxylic acids is 2. The van der Waals surface area contributed by atoms with Crippen molar-refractivity contribution in [3.05, 3.63) is 6.33 Å². The second-order valence-corrected chi connectivity index (χ2v) is 15.5. The number of aliphatic hydroxyl groups is 2. The van der Waals surface area contributed by atoms with Crippen molar-refractivity contribution < 1.29 is 43.1 Å². The summed E-state index contributed by atoms with van der Waals surface area (Å²) >= 11 is 0. The van der Waals surface area contributed by atoms with Crippen molar-refractivity contribution >= 4 is 42.5 Å². The lowest BCUT2D eigenvalue weighted by Gasteiger charge is -2.30. The number of ether oxygens (including phenoxy) is 3. The molecule has 18 heteroatoms. The van der Waals surface area contributed by atoms with Crippen molar-refractivity contribution in [1.29, 1.82) is 0 Å². The van der Waals surface area contributed by atoms with Crippen LogP contribution in [0.5, 0.6) is 0 Å². The molecular weight excluding hydrogens is 659 g/mol. The molecule has 2 aliphatic heterocycles. The van der Waals surface area contributed by atoms with Gasteiger partial charge >= 0.3 is 19.6 Å². The molecule has 0 aliphatic carbocycles. The van der Waals surface area contributed by atoms with Gasteiger partial charge in [0.2, 0.25) is 5.95 Å². The van der Waals surface area contributed by atoms with Gasteiger partial charge in [-0.05, 0) is 58.3 Å². The molecule has 49 heavy (non-hydrogen) atoms. The van der Waals surface area contributed by atoms with Crippen molar-refractivity contribution in [3.63, 3.8) is 0 Å². The van der Waals surface area contributed by atoms with E-state index in [0.29, 0.717) is 17.0 Å². The Kier molecular flexibility index (Phi) is 13.0. The first-order valence-corrected chi connectivity index (χ1v) is 18.7. The molecule has 6 atom stereocenters. The van der Waals surface area contributed by atoms with Gasteiger partial charge < -0.3 is 39.6 Å². The molecule has 2 aliphatic rings. The van der Waals surface area contributed by atoms with Crippen LogP contribution in [-0.2, 0) is 32.9 Å². The molecule has 276 valence electrons. The van der Waals surface area contributed by atoms with Crippen LogP contribution in [-0.4, -0.2) is 104 Å². The summed E-state index contributed by atoms with van der Waals surface area (Å²) in [4.78, 5) is 41.3. The minimum absolute atomic E-state index is 0.00319. The van der Waals surface area contributed by atoms with Crippen LogP contribution in [0.4, 0.5) is 11.8 Å². The maximum Gasteiger partial charge on any atom is 0.342 e. The third-order valence-corrected chi connectivity index (χ3v) is 10.3. The van der Waals surface area contributed by atoms with Crippen molar-refractivity contribution in [3.8, 4) is 0 Å². The molecule has 0 spiro atoms. The number of anilines is 2. The average molecular weight is 713 g/mol. The van der Waals surface area contributed by atoms with E-state index >= 15 is 0 Å². The molecule has 17 nitrogen and oxygen atoms in total. The van der Waals surface area contributed by atoms with E-state index in [1.165, 1.54) is 17.8 Å². The Morgan fingerprint density at radius 1 is 1.06 bits per heavy atom. The summed E-state index contributed by atoms with van der Waals surface area (Å²) in [5.74, 6) is -0.694. The summed E-state index contributed by atoms with van der Waals surface area (Å²) in [5, 5.41) is 28.5. The van der Waals surface area contributed by atoms with Crippen molar-refractivity contribution in [2.75, 3.05) is 43.5 Å². The molecule has 2 unspecified atom stereocenters. The zero-order valence-electron chi connectivity index (χ0n) is 29.5. The monoisotopic (exact) mass is 712 g/mol. The molecular formula is C31H53N8O9P. The smallest absolute Gasteiger partial charge is 0.342 e. The van der Waals surface area contributed by atoms with Gasteiger partial charge in [0.15, 0.2) is 23.2 Å². The Bertz CT molecular complexity index is 1440. The average Bonchev–Trinajstić information content (AvgIpc) is 3.74. The van der Waals surface area contributed by atoms with Gasteiger partial charge in [0.1, 0.15) is 29.9 Å². The molecule has 2 aromatic rings. The van der Waals surface area contributed by atoms with E-state index in [9.17, 15) is 24.4 Å². The summed E-state index contributed by atoms with van der Waals surface area (Å²) < 4.78 is 38.7. The molecule has 6 N–H and O–H groups in total. The van der Waals surface area contributed by atoms with Crippen LogP contribution in [0.25, 0.3) is 11.2 Å². The third-order valence-electron chi connectivity index (χ3n) is 8.46. The maximum absolute atomic E-state index is 14.6. The first-order valence-electron chi connectivity index (χ1n) is 17.0. The van der Waals surface area contributed by atoms with Crippen LogP contribution in [0.3, 0.4) is 0 Å². The van der Waals surface area contributed by atoms with Crippen LogP contribution in [0.1, 0.15) is 80.4 Å². The SMILES string of the molecule is CCOC(=O)[C@H](CC(C)C)NP(=O)(N[C@@H](CC(C)C)C(=O)OCC)OC[C@H]1O[C@@H](n2cnc3c(N4CCCC4)nc(N)nc32)C(C)(O)C1O. The normalized spacial score (nSPS) is 24.2. The number of carbonyl (C=O) groups is 2. The molecule has 0 bridgehead atoms. The van der Waals surface area contributed by atoms with Gasteiger partial charge in [0.25, 0.3) is 0 Å². The first kappa shape index (κ1) is 38.9. The van der Waals surface area contributed by atoms with Crippen LogP contribution >= 0.6 is 7.67 Å². The molecule has 2 fully saturated rings. The largest absolute Gasteiger partial charge is 0.465 e. The molecule has 4 rings (SSSR count). The zero-order valence-corrected chi connectivity index (χ0v) is 30.4. The quantitative estimate of drug-likeness (QED) is 0.117. The number of hydrogen-bond acceptors (Lipinski definition) is 14. The van der Waals surface area contributed by atoms with Crippen molar-refractivity contribution in [1.82, 2.24) is 29.7 Å². The molecule has 2 saturated heterocycles. The standard InChI is InChI=1S/C31H53N8O9P/c1-8-45-27(41)20(14-18(3)4)36-49(44,37-21(15-19(5)6)28(42)46-9-2)47-16-22-24(40)31(7,43)29(48-22)39-17-33-23-25(38-12-10-11-13-38)34-30(32)35-26(23)39/h17-22,24,29,40,43H,8-16H2,1-7H3,(H2,32,34,35)(H2,36,37,44)/t20-,21-,22+,24?,29+,31?/m0/s1. The second kappa shape index (κ2) is 16.4. The lowest BCUT2D eigenvalue weighted by Crippen LogP contribution is -2.47. The number of rotatable bonds is 17. The van der Waals surface area contributed by atoms with Crippen LogP contribution in [0.15, 0.2) is 6.33 Å². The van der Waals surface area contributed by atoms with Crippen molar-refractivity contribution in [2.45, 2.75) is 110 Å². The van der Waals surface area contributed by atoms with Gasteiger partial charge in [-0.3, -0.25) is 18.7 Å². The fourth-order valence-electron chi connectivity index (χ4n) is 6.15. The number of hydrogen-bond donors (Lipinski definition) is 5. The van der Waals surface area contributed by atoms with Gasteiger partial charge in [-0.2, -0.15) is 9.97 Å². The van der Waals surface area contributed by atoms with Crippen LogP contribution < -0.4 is 20.8 Å². The Balaban J connectivity index is 1.63. The highest BCUT2D eigenvalue weighted by molar-refractivity contribution is 7.54. The molecule has 0 amide bonds. The highest BCUT2D eigenvalue weighted by Gasteiger charge is 2.54. The van der Waals surface area contributed by atoms with E-state index in [2.05, 4.69) is 30.0 Å². The molecule has 0 saturated carbocycles. The number of aromatic nitrogens is 4. The predicted molar refractivity (Wildman–Crippen MR) is 181 cm³/mol. The summed E-state index contributed by atoms with van der Waals surface area (Å²) in [6.07, 6.45) is -0.0125. The lowest BCUT2D eigenvalue weighted by atomic mass is 9.96. The van der Waals surface area contributed by atoms with E-state index < -0.39 is 62.3 Å². The minimum Gasteiger partial charge on any atom is -0.465 e. The number of nitrogens with two attached hydrogens (primary N) is 1. The van der Waals surface area contributed by atoms with Gasteiger partial charge in [-0.25, -0.2) is 15.2 Å². The van der Waals surface area contributed by atoms with Gasteiger partial charge in [-0.1, -0.05) is 27.7 Å². The van der Waals surface area contributed by atoms with E-state index in [-0.39, 0.29) is 43.8 Å². The summed E-state index contributed by atoms with van der Waals surface area (Å²) in [6, 6.07) is -2.12. The Hall–Kier alpha value is -2.92. The Labute approximate surface area is 287 Å². The topological polar surface area (TPSA) is 226 Å². The van der Waals surface area contributed by atoms with E-state index in [4.69, 9.17) is 24.5 Å². The number of nitrogens with zero attached hydrogens (tertiary/aromatic N) is 5. The first-order chi connectivity index (χ1) is 23.1. The molecule has 0 aromatic carbocycles. The minimum atomic E-state index is -4.30.